The molecule has 146 valence electrons. The lowest BCUT2D eigenvalue weighted by Crippen LogP contribution is -2.43. The van der Waals surface area contributed by atoms with Crippen molar-refractivity contribution >= 4 is 23.5 Å². The van der Waals surface area contributed by atoms with E-state index < -0.39 is 35.1 Å². The summed E-state index contributed by atoms with van der Waals surface area (Å²) in [4.78, 5) is 45.2. The molecule has 2 aromatic carbocycles. The molecule has 2 aromatic rings. The van der Waals surface area contributed by atoms with Crippen molar-refractivity contribution in [1.29, 1.82) is 0 Å². The highest BCUT2D eigenvalue weighted by Crippen LogP contribution is 2.17. The minimum atomic E-state index is -1.07. The maximum Gasteiger partial charge on any atom is 0.341 e. The van der Waals surface area contributed by atoms with E-state index in [1.807, 2.05) is 10.9 Å². The maximum absolute atomic E-state index is 13.8. The number of carbonyl (C=O) groups excluding carboxylic acids is 3. The molecule has 0 heterocycles. The summed E-state index contributed by atoms with van der Waals surface area (Å²) in [6.07, 6.45) is 0. The van der Waals surface area contributed by atoms with E-state index in [9.17, 15) is 28.9 Å². The molecule has 0 saturated heterocycles. The van der Waals surface area contributed by atoms with Crippen LogP contribution < -0.4 is 15.6 Å². The third-order valence-corrected chi connectivity index (χ3v) is 3.39. The van der Waals surface area contributed by atoms with Crippen molar-refractivity contribution in [3.05, 3.63) is 69.5 Å². The molecule has 0 aromatic heterocycles. The fraction of sp³-hybridized carbons (Fsp3) is 0.118. The zero-order valence-electron chi connectivity index (χ0n) is 14.4. The minimum absolute atomic E-state index is 0.0585. The summed E-state index contributed by atoms with van der Waals surface area (Å²) in [6.45, 7) is -0.773. The first kappa shape index (κ1) is 20.3. The van der Waals surface area contributed by atoms with Crippen LogP contribution in [0, 0.1) is 15.9 Å². The fourth-order valence-electron chi connectivity index (χ4n) is 1.97. The van der Waals surface area contributed by atoms with Gasteiger partial charge in [0, 0.05) is 23.8 Å². The lowest BCUT2D eigenvalue weighted by molar-refractivity contribution is -0.384. The molecule has 10 nitrogen and oxygen atoms in total. The molecule has 2 N–H and O–H groups in total. The van der Waals surface area contributed by atoms with Gasteiger partial charge >= 0.3 is 5.97 Å². The second-order valence-electron chi connectivity index (χ2n) is 5.23. The van der Waals surface area contributed by atoms with Gasteiger partial charge in [0.1, 0.15) is 11.6 Å². The molecule has 0 aliphatic carbocycles. The normalized spacial score (nSPS) is 9.93. The molecule has 0 unspecified atom stereocenters. The number of nitro groups is 1. The predicted octanol–water partition coefficient (Wildman–Crippen LogP) is 1.36. The molecule has 28 heavy (non-hydrogen) atoms. The summed E-state index contributed by atoms with van der Waals surface area (Å²) in [5, 5.41) is 10.6. The van der Waals surface area contributed by atoms with Gasteiger partial charge in [0.2, 0.25) is 0 Å². The first-order valence-electron chi connectivity index (χ1n) is 7.66. The number of nitrogens with one attached hydrogen (secondary N) is 2. The van der Waals surface area contributed by atoms with Crippen LogP contribution in [0.2, 0.25) is 0 Å². The Hall–Kier alpha value is -4.02. The molecule has 0 radical (unpaired) electrons. The summed E-state index contributed by atoms with van der Waals surface area (Å²) in [7, 11) is 1.34. The molecular formula is C17H14FN3O7. The van der Waals surface area contributed by atoms with E-state index in [0.717, 1.165) is 24.3 Å². The van der Waals surface area contributed by atoms with E-state index in [2.05, 4.69) is 4.74 Å². The second kappa shape index (κ2) is 9.07. The van der Waals surface area contributed by atoms with Crippen molar-refractivity contribution in [2.45, 2.75) is 0 Å². The highest BCUT2D eigenvalue weighted by molar-refractivity contribution is 5.96. The Kier molecular flexibility index (Phi) is 6.58. The number of non-ortho nitro benzene ring substituents is 1. The number of hydrogen-bond donors (Lipinski definition) is 2. The zero-order chi connectivity index (χ0) is 20.7. The number of nitro benzene ring substituents is 1. The van der Waals surface area contributed by atoms with E-state index in [1.165, 1.54) is 25.3 Å². The van der Waals surface area contributed by atoms with Crippen LogP contribution in [0.5, 0.6) is 5.75 Å². The Morgan fingerprint density at radius 2 is 1.79 bits per heavy atom. The quantitative estimate of drug-likeness (QED) is 0.431. The molecule has 11 heteroatoms. The number of hydrazine groups is 1. The average Bonchev–Trinajstić information content (AvgIpc) is 2.70. The van der Waals surface area contributed by atoms with Gasteiger partial charge < -0.3 is 9.47 Å². The van der Waals surface area contributed by atoms with Gasteiger partial charge in [-0.1, -0.05) is 0 Å². The van der Waals surface area contributed by atoms with E-state index >= 15 is 0 Å². The first-order chi connectivity index (χ1) is 13.3. The average molecular weight is 391 g/mol. The Morgan fingerprint density at radius 3 is 2.36 bits per heavy atom. The zero-order valence-corrected chi connectivity index (χ0v) is 14.4. The maximum atomic E-state index is 13.8. The summed E-state index contributed by atoms with van der Waals surface area (Å²) in [5.74, 6) is -3.36. The number of nitrogens with zero attached hydrogens (tertiary/aromatic N) is 1. The monoisotopic (exact) mass is 391 g/mol. The fourth-order valence-corrected chi connectivity index (χ4v) is 1.97. The van der Waals surface area contributed by atoms with Gasteiger partial charge in [-0.05, 0) is 24.3 Å². The first-order valence-corrected chi connectivity index (χ1v) is 7.66. The summed E-state index contributed by atoms with van der Waals surface area (Å²) in [5.41, 5.74) is 3.52. The molecule has 0 saturated carbocycles. The van der Waals surface area contributed by atoms with Gasteiger partial charge in [0.05, 0.1) is 17.6 Å². The number of carbonyl (C=O) groups is 3. The molecule has 0 aliphatic heterocycles. The van der Waals surface area contributed by atoms with Crippen LogP contribution in [-0.2, 0) is 9.53 Å². The number of hydrogen-bond acceptors (Lipinski definition) is 7. The lowest BCUT2D eigenvalue weighted by Gasteiger charge is -2.09. The van der Waals surface area contributed by atoms with Crippen molar-refractivity contribution in [2.75, 3.05) is 13.7 Å². The number of amides is 2. The van der Waals surface area contributed by atoms with Gasteiger partial charge in [-0.15, -0.1) is 0 Å². The highest BCUT2D eigenvalue weighted by atomic mass is 19.1. The van der Waals surface area contributed by atoms with Gasteiger partial charge in [0.15, 0.2) is 6.61 Å². The van der Waals surface area contributed by atoms with E-state index in [4.69, 9.17) is 4.74 Å². The Balaban J connectivity index is 1.83. The van der Waals surface area contributed by atoms with Crippen LogP contribution >= 0.6 is 0 Å². The predicted molar refractivity (Wildman–Crippen MR) is 91.9 cm³/mol. The number of ether oxygens (including phenoxy) is 2. The Labute approximate surface area is 157 Å². The molecule has 0 spiro atoms. The molecule has 0 fully saturated rings. The Morgan fingerprint density at radius 1 is 1.11 bits per heavy atom. The number of halogens is 1. The molecule has 2 amide bonds. The SMILES string of the molecule is COc1ccc(C(=O)OCC(=O)NNC(=O)c2ccc([N+](=O)[O-])cc2)c(F)c1. The van der Waals surface area contributed by atoms with Crippen LogP contribution in [-0.4, -0.2) is 36.4 Å². The van der Waals surface area contributed by atoms with Crippen LogP contribution in [0.4, 0.5) is 10.1 Å². The molecule has 0 aliphatic rings. The second-order valence-corrected chi connectivity index (χ2v) is 5.23. The number of esters is 1. The molecule has 0 atom stereocenters. The lowest BCUT2D eigenvalue weighted by atomic mass is 10.2. The number of rotatable bonds is 6. The van der Waals surface area contributed by atoms with E-state index in [-0.39, 0.29) is 22.6 Å². The molecule has 0 bridgehead atoms. The van der Waals surface area contributed by atoms with Gasteiger partial charge in [-0.3, -0.25) is 30.6 Å². The summed E-state index contributed by atoms with van der Waals surface area (Å²) < 4.78 is 23.2. The van der Waals surface area contributed by atoms with Crippen molar-refractivity contribution in [2.24, 2.45) is 0 Å². The van der Waals surface area contributed by atoms with Crippen LogP contribution in [0.25, 0.3) is 0 Å². The molecular weight excluding hydrogens is 377 g/mol. The number of methoxy groups -OCH3 is 1. The van der Waals surface area contributed by atoms with E-state index in [1.54, 1.807) is 0 Å². The third-order valence-electron chi connectivity index (χ3n) is 3.39. The standard InChI is InChI=1S/C17H14FN3O7/c1-27-12-6-7-13(14(18)8-12)17(24)28-9-15(22)19-20-16(23)10-2-4-11(5-3-10)21(25)26/h2-8H,9H2,1H3,(H,19,22)(H,20,23). The summed E-state index contributed by atoms with van der Waals surface area (Å²) >= 11 is 0. The molecule has 2 rings (SSSR count). The van der Waals surface area contributed by atoms with Gasteiger partial charge in [-0.2, -0.15) is 0 Å². The van der Waals surface area contributed by atoms with Crippen molar-refractivity contribution in [3.8, 4) is 5.75 Å². The smallest absolute Gasteiger partial charge is 0.341 e. The number of benzene rings is 2. The van der Waals surface area contributed by atoms with Crippen molar-refractivity contribution < 1.29 is 33.2 Å². The highest BCUT2D eigenvalue weighted by Gasteiger charge is 2.16. The third kappa shape index (κ3) is 5.24. The van der Waals surface area contributed by atoms with Crippen LogP contribution in [0.1, 0.15) is 20.7 Å². The van der Waals surface area contributed by atoms with Crippen LogP contribution in [0.3, 0.4) is 0 Å². The van der Waals surface area contributed by atoms with Crippen molar-refractivity contribution in [3.63, 3.8) is 0 Å². The van der Waals surface area contributed by atoms with Crippen molar-refractivity contribution in [1.82, 2.24) is 10.9 Å². The topological polar surface area (TPSA) is 137 Å². The van der Waals surface area contributed by atoms with Crippen LogP contribution in [0.15, 0.2) is 42.5 Å². The Bertz CT molecular complexity index is 915. The van der Waals surface area contributed by atoms with Gasteiger partial charge in [0.25, 0.3) is 17.5 Å². The summed E-state index contributed by atoms with van der Waals surface area (Å²) in [6, 6.07) is 8.14. The minimum Gasteiger partial charge on any atom is -0.497 e. The van der Waals surface area contributed by atoms with Gasteiger partial charge in [-0.25, -0.2) is 9.18 Å². The largest absolute Gasteiger partial charge is 0.497 e. The van der Waals surface area contributed by atoms with E-state index in [0.29, 0.717) is 0 Å².